The average molecular weight is 262 g/mol. The quantitative estimate of drug-likeness (QED) is 0.728. The first-order valence-electron chi connectivity index (χ1n) is 5.81. The predicted molar refractivity (Wildman–Crippen MR) is 65.4 cm³/mol. The molecule has 1 fully saturated rings. The molecule has 0 atom stereocenters. The highest BCUT2D eigenvalue weighted by atomic mass is 16.5. The van der Waals surface area contributed by atoms with E-state index in [4.69, 9.17) is 14.7 Å². The van der Waals surface area contributed by atoms with Gasteiger partial charge in [0.2, 0.25) is 0 Å². The molecular weight excluding hydrogens is 248 g/mol. The monoisotopic (exact) mass is 262 g/mol. The second kappa shape index (κ2) is 4.86. The summed E-state index contributed by atoms with van der Waals surface area (Å²) < 4.78 is 11.3. The Bertz CT molecular complexity index is 608. The van der Waals surface area contributed by atoms with E-state index < -0.39 is 16.9 Å². The van der Waals surface area contributed by atoms with E-state index in [0.717, 1.165) is 0 Å². The average Bonchev–Trinajstić information content (AvgIpc) is 2.36. The van der Waals surface area contributed by atoms with Gasteiger partial charge in [0.15, 0.2) is 0 Å². The van der Waals surface area contributed by atoms with Gasteiger partial charge >= 0.3 is 5.97 Å². The van der Waals surface area contributed by atoms with Crippen molar-refractivity contribution in [1.29, 1.82) is 5.26 Å². The minimum absolute atomic E-state index is 0.0610. The third kappa shape index (κ3) is 2.13. The topological polar surface area (TPSA) is 81.3 Å². The van der Waals surface area contributed by atoms with E-state index in [1.165, 1.54) is 17.7 Å². The van der Waals surface area contributed by atoms with Crippen molar-refractivity contribution in [1.82, 2.24) is 4.57 Å². The number of aromatic nitrogens is 1. The molecule has 1 aromatic heterocycles. The van der Waals surface area contributed by atoms with Crippen LogP contribution in [0.3, 0.4) is 0 Å². The number of aryl methyl sites for hydroxylation is 1. The molecular formula is C13H14N2O4. The molecule has 1 aromatic rings. The van der Waals surface area contributed by atoms with Crippen LogP contribution in [0, 0.1) is 23.7 Å². The highest BCUT2D eigenvalue weighted by Gasteiger charge is 2.48. The van der Waals surface area contributed by atoms with Gasteiger partial charge in [-0.3, -0.25) is 9.59 Å². The molecule has 100 valence electrons. The lowest BCUT2D eigenvalue weighted by atomic mass is 9.85. The first-order chi connectivity index (χ1) is 9.04. The van der Waals surface area contributed by atoms with E-state index in [1.807, 2.05) is 6.07 Å². The lowest BCUT2D eigenvalue weighted by Crippen LogP contribution is -2.54. The van der Waals surface area contributed by atoms with Crippen molar-refractivity contribution in [2.24, 2.45) is 5.41 Å². The molecule has 0 bridgehead atoms. The van der Waals surface area contributed by atoms with Crippen molar-refractivity contribution in [3.8, 4) is 6.07 Å². The fraction of sp³-hybridized carbons (Fsp3) is 0.462. The maximum atomic E-state index is 12.1. The van der Waals surface area contributed by atoms with Gasteiger partial charge in [-0.05, 0) is 19.1 Å². The van der Waals surface area contributed by atoms with E-state index >= 15 is 0 Å². The number of esters is 1. The van der Waals surface area contributed by atoms with Gasteiger partial charge in [0.05, 0.1) is 20.3 Å². The first-order valence-corrected chi connectivity index (χ1v) is 5.81. The largest absolute Gasteiger partial charge is 0.468 e. The van der Waals surface area contributed by atoms with E-state index in [2.05, 4.69) is 0 Å². The van der Waals surface area contributed by atoms with Crippen molar-refractivity contribution >= 4 is 5.97 Å². The standard InChI is InChI=1S/C13H14N2O4/c1-9-3-4-10(5-14)11(16)15(9)6-13(7-19-8-13)12(17)18-2/h3-4H,6-8H2,1-2H3. The number of methoxy groups -OCH3 is 1. The number of carbonyl (C=O) groups is 1. The normalized spacial score (nSPS) is 16.3. The SMILES string of the molecule is COC(=O)C1(Cn2c(C)ccc(C#N)c2=O)COC1. The van der Waals surface area contributed by atoms with Gasteiger partial charge in [0, 0.05) is 12.2 Å². The van der Waals surface area contributed by atoms with Crippen molar-refractivity contribution < 1.29 is 14.3 Å². The Morgan fingerprint density at radius 2 is 2.26 bits per heavy atom. The summed E-state index contributed by atoms with van der Waals surface area (Å²) in [5, 5.41) is 8.88. The summed E-state index contributed by atoms with van der Waals surface area (Å²) in [6, 6.07) is 5.01. The molecule has 6 heteroatoms. The molecule has 0 N–H and O–H groups in total. The van der Waals surface area contributed by atoms with Crippen molar-refractivity contribution in [3.05, 3.63) is 33.7 Å². The van der Waals surface area contributed by atoms with Gasteiger partial charge in [-0.25, -0.2) is 0 Å². The van der Waals surface area contributed by atoms with E-state index in [9.17, 15) is 9.59 Å². The third-order valence-corrected chi connectivity index (χ3v) is 3.35. The zero-order valence-electron chi connectivity index (χ0n) is 10.8. The number of ether oxygens (including phenoxy) is 2. The number of pyridine rings is 1. The molecule has 2 rings (SSSR count). The van der Waals surface area contributed by atoms with Crippen molar-refractivity contribution in [2.45, 2.75) is 13.5 Å². The Morgan fingerprint density at radius 3 is 2.74 bits per heavy atom. The van der Waals surface area contributed by atoms with Gasteiger partial charge in [-0.15, -0.1) is 0 Å². The molecule has 0 saturated carbocycles. The van der Waals surface area contributed by atoms with Gasteiger partial charge in [0.1, 0.15) is 17.0 Å². The maximum Gasteiger partial charge on any atom is 0.318 e. The molecule has 1 aliphatic heterocycles. The summed E-state index contributed by atoms with van der Waals surface area (Å²) in [7, 11) is 1.31. The lowest BCUT2D eigenvalue weighted by Gasteiger charge is -2.39. The highest BCUT2D eigenvalue weighted by molar-refractivity contribution is 5.77. The number of nitriles is 1. The Hall–Kier alpha value is -2.13. The zero-order valence-corrected chi connectivity index (χ0v) is 10.8. The summed E-state index contributed by atoms with van der Waals surface area (Å²) in [6.45, 7) is 2.37. The fourth-order valence-corrected chi connectivity index (χ4v) is 2.09. The number of hydrogen-bond acceptors (Lipinski definition) is 5. The summed E-state index contributed by atoms with van der Waals surface area (Å²) in [5.41, 5.74) is -0.458. The number of nitrogens with zero attached hydrogens (tertiary/aromatic N) is 2. The molecule has 0 amide bonds. The van der Waals surface area contributed by atoms with Gasteiger partial charge in [-0.1, -0.05) is 0 Å². The molecule has 0 spiro atoms. The maximum absolute atomic E-state index is 12.1. The fourth-order valence-electron chi connectivity index (χ4n) is 2.09. The second-order valence-corrected chi connectivity index (χ2v) is 4.66. The van der Waals surface area contributed by atoms with E-state index in [0.29, 0.717) is 5.69 Å². The molecule has 6 nitrogen and oxygen atoms in total. The molecule has 0 radical (unpaired) electrons. The summed E-state index contributed by atoms with van der Waals surface area (Å²) in [6.07, 6.45) is 0. The smallest absolute Gasteiger partial charge is 0.318 e. The molecule has 1 aliphatic rings. The Balaban J connectivity index is 2.41. The molecule has 2 heterocycles. The molecule has 0 aliphatic carbocycles. The third-order valence-electron chi connectivity index (χ3n) is 3.35. The zero-order chi connectivity index (χ0) is 14.0. The van der Waals surface area contributed by atoms with Crippen LogP contribution in [0.5, 0.6) is 0 Å². The summed E-state index contributed by atoms with van der Waals surface area (Å²) in [4.78, 5) is 23.9. The summed E-state index contributed by atoms with van der Waals surface area (Å²) in [5.74, 6) is -0.396. The highest BCUT2D eigenvalue weighted by Crippen LogP contribution is 2.31. The van der Waals surface area contributed by atoms with Gasteiger partial charge < -0.3 is 14.0 Å². The van der Waals surface area contributed by atoms with Gasteiger partial charge in [0.25, 0.3) is 5.56 Å². The Morgan fingerprint density at radius 1 is 1.58 bits per heavy atom. The minimum Gasteiger partial charge on any atom is -0.468 e. The van der Waals surface area contributed by atoms with Crippen molar-refractivity contribution in [2.75, 3.05) is 20.3 Å². The second-order valence-electron chi connectivity index (χ2n) is 4.66. The van der Waals surface area contributed by atoms with Gasteiger partial charge in [-0.2, -0.15) is 5.26 Å². The van der Waals surface area contributed by atoms with Crippen LogP contribution in [0.4, 0.5) is 0 Å². The molecule has 1 saturated heterocycles. The van der Waals surface area contributed by atoms with Crippen LogP contribution >= 0.6 is 0 Å². The van der Waals surface area contributed by atoms with Crippen LogP contribution < -0.4 is 5.56 Å². The predicted octanol–water partition coefficient (Wildman–Crippen LogP) is 0.218. The summed E-state index contributed by atoms with van der Waals surface area (Å²) >= 11 is 0. The van der Waals surface area contributed by atoms with Crippen LogP contribution in [0.1, 0.15) is 11.3 Å². The van der Waals surface area contributed by atoms with E-state index in [-0.39, 0.29) is 25.3 Å². The van der Waals surface area contributed by atoms with E-state index in [1.54, 1.807) is 13.0 Å². The molecule has 0 aromatic carbocycles. The Labute approximate surface area is 110 Å². The first kappa shape index (κ1) is 13.3. The lowest BCUT2D eigenvalue weighted by molar-refractivity contribution is -0.186. The van der Waals surface area contributed by atoms with Crippen LogP contribution in [0.2, 0.25) is 0 Å². The van der Waals surface area contributed by atoms with Crippen LogP contribution in [-0.2, 0) is 20.8 Å². The van der Waals surface area contributed by atoms with Crippen LogP contribution in [0.25, 0.3) is 0 Å². The molecule has 19 heavy (non-hydrogen) atoms. The van der Waals surface area contributed by atoms with Crippen LogP contribution in [0.15, 0.2) is 16.9 Å². The number of rotatable bonds is 3. The molecule has 0 unspecified atom stereocenters. The van der Waals surface area contributed by atoms with Crippen LogP contribution in [-0.4, -0.2) is 30.9 Å². The minimum atomic E-state index is -0.822. The van der Waals surface area contributed by atoms with Crippen molar-refractivity contribution in [3.63, 3.8) is 0 Å². The number of hydrogen-bond donors (Lipinski definition) is 0. The number of carbonyl (C=O) groups excluding carboxylic acids is 1. The Kier molecular flexibility index (Phi) is 3.40.